The molecule has 1 aromatic carbocycles. The maximum atomic E-state index is 12.5. The van der Waals surface area contributed by atoms with Crippen molar-refractivity contribution in [3.8, 4) is 0 Å². The molecule has 128 valence electrons. The molecule has 2 rings (SSSR count). The summed E-state index contributed by atoms with van der Waals surface area (Å²) in [7, 11) is 0. The highest BCUT2D eigenvalue weighted by molar-refractivity contribution is 6.31. The molecule has 0 saturated carbocycles. The average Bonchev–Trinajstić information content (AvgIpc) is 2.53. The predicted octanol–water partition coefficient (Wildman–Crippen LogP) is 3.33. The van der Waals surface area contributed by atoms with Gasteiger partial charge in [0.1, 0.15) is 0 Å². The van der Waals surface area contributed by atoms with Crippen LogP contribution in [-0.4, -0.2) is 30.8 Å². The number of hydrogen-bond acceptors (Lipinski definition) is 3. The third-order valence-corrected chi connectivity index (χ3v) is 4.82. The fraction of sp³-hybridized carbons (Fsp3) is 0.611. The number of rotatable bonds is 6. The quantitative estimate of drug-likeness (QED) is 0.835. The molecule has 0 spiro atoms. The highest BCUT2D eigenvalue weighted by Crippen LogP contribution is 2.31. The molecule has 1 saturated heterocycles. The molecule has 1 aromatic rings. The van der Waals surface area contributed by atoms with Crippen LogP contribution in [0.3, 0.4) is 0 Å². The molecule has 1 heterocycles. The molecule has 0 aromatic heterocycles. The fourth-order valence-electron chi connectivity index (χ4n) is 3.05. The first kappa shape index (κ1) is 18.2. The van der Waals surface area contributed by atoms with Gasteiger partial charge in [-0.2, -0.15) is 0 Å². The van der Waals surface area contributed by atoms with Crippen LogP contribution in [0.2, 0.25) is 5.02 Å². The Labute approximate surface area is 143 Å². The molecule has 2 N–H and O–H groups in total. The van der Waals surface area contributed by atoms with Gasteiger partial charge in [0, 0.05) is 35.8 Å². The van der Waals surface area contributed by atoms with Crippen molar-refractivity contribution in [1.29, 1.82) is 0 Å². The van der Waals surface area contributed by atoms with Gasteiger partial charge < -0.3 is 15.2 Å². The van der Waals surface area contributed by atoms with E-state index in [-0.39, 0.29) is 12.5 Å². The fourth-order valence-corrected chi connectivity index (χ4v) is 3.31. The zero-order valence-electron chi connectivity index (χ0n) is 13.8. The number of amides is 1. The maximum absolute atomic E-state index is 12.5. The SMILES string of the molecule is CC(C)(CC1CCOCC1)C(=O)NCC(O)c1ccccc1Cl. The third-order valence-electron chi connectivity index (χ3n) is 4.47. The first-order valence-electron chi connectivity index (χ1n) is 8.18. The Kier molecular flexibility index (Phi) is 6.45. The molecule has 5 heteroatoms. The summed E-state index contributed by atoms with van der Waals surface area (Å²) in [6, 6.07) is 7.14. The van der Waals surface area contributed by atoms with E-state index in [2.05, 4.69) is 5.32 Å². The summed E-state index contributed by atoms with van der Waals surface area (Å²) in [6.07, 6.45) is 2.06. The molecule has 1 aliphatic rings. The second-order valence-corrected chi connectivity index (χ2v) is 7.30. The third kappa shape index (κ3) is 5.20. The van der Waals surface area contributed by atoms with Gasteiger partial charge in [-0.1, -0.05) is 43.6 Å². The van der Waals surface area contributed by atoms with Gasteiger partial charge in [0.05, 0.1) is 6.10 Å². The predicted molar refractivity (Wildman–Crippen MR) is 91.4 cm³/mol. The zero-order valence-corrected chi connectivity index (χ0v) is 14.6. The Bertz CT molecular complexity index is 527. The lowest BCUT2D eigenvalue weighted by molar-refractivity contribution is -0.131. The number of carbonyl (C=O) groups excluding carboxylic acids is 1. The van der Waals surface area contributed by atoms with E-state index < -0.39 is 11.5 Å². The van der Waals surface area contributed by atoms with Crippen LogP contribution in [0.15, 0.2) is 24.3 Å². The van der Waals surface area contributed by atoms with E-state index in [0.717, 1.165) is 32.5 Å². The average molecular weight is 340 g/mol. The van der Waals surface area contributed by atoms with Gasteiger partial charge in [-0.05, 0) is 31.2 Å². The van der Waals surface area contributed by atoms with Crippen LogP contribution in [0.5, 0.6) is 0 Å². The molecule has 1 amide bonds. The van der Waals surface area contributed by atoms with Crippen LogP contribution in [-0.2, 0) is 9.53 Å². The van der Waals surface area contributed by atoms with Crippen LogP contribution < -0.4 is 5.32 Å². The topological polar surface area (TPSA) is 58.6 Å². The second kappa shape index (κ2) is 8.13. The van der Waals surface area contributed by atoms with Crippen LogP contribution in [0.25, 0.3) is 0 Å². The molecule has 1 fully saturated rings. The Balaban J connectivity index is 1.86. The maximum Gasteiger partial charge on any atom is 0.225 e. The Hall–Kier alpha value is -1.10. The molecule has 4 nitrogen and oxygen atoms in total. The van der Waals surface area contributed by atoms with E-state index in [0.29, 0.717) is 16.5 Å². The summed E-state index contributed by atoms with van der Waals surface area (Å²) in [5, 5.41) is 13.6. The number of carbonyl (C=O) groups is 1. The van der Waals surface area contributed by atoms with Crippen LogP contribution in [0.1, 0.15) is 44.8 Å². The van der Waals surface area contributed by atoms with Crippen LogP contribution in [0, 0.1) is 11.3 Å². The summed E-state index contributed by atoms with van der Waals surface area (Å²) in [6.45, 7) is 5.65. The molecular weight excluding hydrogens is 314 g/mol. The van der Waals surface area contributed by atoms with Gasteiger partial charge in [-0.25, -0.2) is 0 Å². The normalized spacial score (nSPS) is 17.7. The van der Waals surface area contributed by atoms with E-state index in [9.17, 15) is 9.90 Å². The number of benzene rings is 1. The first-order valence-corrected chi connectivity index (χ1v) is 8.56. The van der Waals surface area contributed by atoms with Gasteiger partial charge in [0.2, 0.25) is 5.91 Å². The second-order valence-electron chi connectivity index (χ2n) is 6.89. The number of nitrogens with one attached hydrogen (secondary N) is 1. The smallest absolute Gasteiger partial charge is 0.225 e. The van der Waals surface area contributed by atoms with E-state index in [4.69, 9.17) is 16.3 Å². The molecule has 1 unspecified atom stereocenters. The summed E-state index contributed by atoms with van der Waals surface area (Å²) >= 11 is 6.07. The summed E-state index contributed by atoms with van der Waals surface area (Å²) < 4.78 is 5.37. The van der Waals surface area contributed by atoms with Crippen molar-refractivity contribution in [3.05, 3.63) is 34.9 Å². The van der Waals surface area contributed by atoms with Crippen molar-refractivity contribution in [2.24, 2.45) is 11.3 Å². The van der Waals surface area contributed by atoms with Gasteiger partial charge in [-0.3, -0.25) is 4.79 Å². The lowest BCUT2D eigenvalue weighted by Crippen LogP contribution is -2.40. The van der Waals surface area contributed by atoms with E-state index in [1.165, 1.54) is 0 Å². The van der Waals surface area contributed by atoms with Gasteiger partial charge >= 0.3 is 0 Å². The number of hydrogen-bond donors (Lipinski definition) is 2. The minimum absolute atomic E-state index is 0.0323. The molecule has 1 aliphatic heterocycles. The highest BCUT2D eigenvalue weighted by atomic mass is 35.5. The lowest BCUT2D eigenvalue weighted by Gasteiger charge is -2.31. The number of halogens is 1. The van der Waals surface area contributed by atoms with Crippen molar-refractivity contribution in [1.82, 2.24) is 5.32 Å². The highest BCUT2D eigenvalue weighted by Gasteiger charge is 2.31. The minimum atomic E-state index is -0.800. The number of aliphatic hydroxyl groups is 1. The van der Waals surface area contributed by atoms with Crippen LogP contribution in [0.4, 0.5) is 0 Å². The Morgan fingerprint density at radius 3 is 2.70 bits per heavy atom. The molecule has 1 atom stereocenters. The zero-order chi connectivity index (χ0) is 16.9. The van der Waals surface area contributed by atoms with E-state index in [1.54, 1.807) is 12.1 Å². The molecule has 0 bridgehead atoms. The summed E-state index contributed by atoms with van der Waals surface area (Å²) in [4.78, 5) is 12.5. The van der Waals surface area contributed by atoms with E-state index >= 15 is 0 Å². The summed E-state index contributed by atoms with van der Waals surface area (Å²) in [5.41, 5.74) is 0.180. The lowest BCUT2D eigenvalue weighted by atomic mass is 9.79. The van der Waals surface area contributed by atoms with Crippen molar-refractivity contribution in [3.63, 3.8) is 0 Å². The molecule has 0 aliphatic carbocycles. The molecule has 23 heavy (non-hydrogen) atoms. The number of aliphatic hydroxyl groups excluding tert-OH is 1. The summed E-state index contributed by atoms with van der Waals surface area (Å²) in [5.74, 6) is 0.494. The van der Waals surface area contributed by atoms with Gasteiger partial charge in [-0.15, -0.1) is 0 Å². The Morgan fingerprint density at radius 1 is 1.39 bits per heavy atom. The first-order chi connectivity index (χ1) is 10.9. The van der Waals surface area contributed by atoms with Gasteiger partial charge in [0.15, 0.2) is 0 Å². The largest absolute Gasteiger partial charge is 0.387 e. The Morgan fingerprint density at radius 2 is 2.04 bits per heavy atom. The van der Waals surface area contributed by atoms with E-state index in [1.807, 2.05) is 26.0 Å². The minimum Gasteiger partial charge on any atom is -0.387 e. The monoisotopic (exact) mass is 339 g/mol. The van der Waals surface area contributed by atoms with Crippen molar-refractivity contribution in [2.45, 2.75) is 39.2 Å². The van der Waals surface area contributed by atoms with Crippen molar-refractivity contribution >= 4 is 17.5 Å². The standard InChI is InChI=1S/C18H26ClNO3/c1-18(2,11-13-7-9-23-10-8-13)17(22)20-12-16(21)14-5-3-4-6-15(14)19/h3-6,13,16,21H,7-12H2,1-2H3,(H,20,22). The molecular formula is C18H26ClNO3. The van der Waals surface area contributed by atoms with Crippen molar-refractivity contribution in [2.75, 3.05) is 19.8 Å². The number of ether oxygens (including phenoxy) is 1. The van der Waals surface area contributed by atoms with Gasteiger partial charge in [0.25, 0.3) is 0 Å². The van der Waals surface area contributed by atoms with Crippen LogP contribution >= 0.6 is 11.6 Å². The van der Waals surface area contributed by atoms with Crippen molar-refractivity contribution < 1.29 is 14.6 Å². The molecule has 0 radical (unpaired) electrons.